The van der Waals surface area contributed by atoms with Crippen LogP contribution in [-0.4, -0.2) is 36.8 Å². The van der Waals surface area contributed by atoms with Crippen molar-refractivity contribution in [1.29, 1.82) is 0 Å². The minimum Gasteiger partial charge on any atom is -0.352 e. The molecule has 142 valence electrons. The highest BCUT2D eigenvalue weighted by Gasteiger charge is 2.37. The molecule has 3 aromatic heterocycles. The van der Waals surface area contributed by atoms with Gasteiger partial charge in [-0.05, 0) is 31.4 Å². The third kappa shape index (κ3) is 3.64. The highest BCUT2D eigenvalue weighted by atomic mass is 19.4. The van der Waals surface area contributed by atoms with Gasteiger partial charge in [0, 0.05) is 37.1 Å². The number of rotatable bonds is 6. The fourth-order valence-corrected chi connectivity index (χ4v) is 2.97. The SMILES string of the molecule is O=C(NCCCn1nc(C(F)(F)F)cc1C1CC1)c1cnn2cccnc12. The van der Waals surface area contributed by atoms with Gasteiger partial charge in [0.15, 0.2) is 11.3 Å². The zero-order valence-corrected chi connectivity index (χ0v) is 14.3. The molecule has 4 rings (SSSR count). The summed E-state index contributed by atoms with van der Waals surface area (Å²) in [4.78, 5) is 16.4. The number of amides is 1. The molecule has 7 nitrogen and oxygen atoms in total. The number of hydrogen-bond donors (Lipinski definition) is 1. The van der Waals surface area contributed by atoms with Gasteiger partial charge in [-0.2, -0.15) is 23.4 Å². The van der Waals surface area contributed by atoms with Crippen LogP contribution in [0.4, 0.5) is 13.2 Å². The fourth-order valence-electron chi connectivity index (χ4n) is 2.97. The van der Waals surface area contributed by atoms with Gasteiger partial charge in [-0.3, -0.25) is 9.48 Å². The molecule has 3 heterocycles. The number of nitrogens with zero attached hydrogens (tertiary/aromatic N) is 5. The molecule has 1 amide bonds. The van der Waals surface area contributed by atoms with E-state index < -0.39 is 11.9 Å². The maximum Gasteiger partial charge on any atom is 0.435 e. The zero-order valence-electron chi connectivity index (χ0n) is 14.3. The highest BCUT2D eigenvalue weighted by Crippen LogP contribution is 2.42. The van der Waals surface area contributed by atoms with E-state index >= 15 is 0 Å². The highest BCUT2D eigenvalue weighted by molar-refractivity contribution is 5.99. The monoisotopic (exact) mass is 378 g/mol. The second-order valence-corrected chi connectivity index (χ2v) is 6.51. The van der Waals surface area contributed by atoms with Crippen molar-refractivity contribution in [2.24, 2.45) is 0 Å². The van der Waals surface area contributed by atoms with Crippen LogP contribution in [0.5, 0.6) is 0 Å². The van der Waals surface area contributed by atoms with Crippen LogP contribution in [0.25, 0.3) is 5.65 Å². The quantitative estimate of drug-likeness (QED) is 0.669. The topological polar surface area (TPSA) is 77.1 Å². The lowest BCUT2D eigenvalue weighted by Gasteiger charge is -2.07. The normalized spacial score (nSPS) is 14.6. The van der Waals surface area contributed by atoms with Gasteiger partial charge in [-0.1, -0.05) is 0 Å². The Kier molecular flexibility index (Phi) is 4.33. The molecule has 0 saturated heterocycles. The van der Waals surface area contributed by atoms with Crippen LogP contribution in [0.2, 0.25) is 0 Å². The Morgan fingerprint density at radius 2 is 2.15 bits per heavy atom. The Bertz CT molecular complexity index is 973. The van der Waals surface area contributed by atoms with E-state index in [1.165, 1.54) is 15.4 Å². The second-order valence-electron chi connectivity index (χ2n) is 6.51. The Morgan fingerprint density at radius 1 is 1.33 bits per heavy atom. The Morgan fingerprint density at radius 3 is 2.89 bits per heavy atom. The van der Waals surface area contributed by atoms with Gasteiger partial charge >= 0.3 is 6.18 Å². The second kappa shape index (κ2) is 6.67. The van der Waals surface area contributed by atoms with Crippen molar-refractivity contribution in [3.8, 4) is 0 Å². The lowest BCUT2D eigenvalue weighted by molar-refractivity contribution is -0.141. The van der Waals surface area contributed by atoms with Crippen molar-refractivity contribution < 1.29 is 18.0 Å². The Hall–Kier alpha value is -2.91. The molecule has 1 N–H and O–H groups in total. The number of aromatic nitrogens is 5. The molecule has 0 spiro atoms. The first-order chi connectivity index (χ1) is 12.9. The number of carbonyl (C=O) groups is 1. The summed E-state index contributed by atoms with van der Waals surface area (Å²) in [6.07, 6.45) is 2.50. The van der Waals surface area contributed by atoms with Crippen molar-refractivity contribution in [2.75, 3.05) is 6.54 Å². The molecule has 0 aromatic carbocycles. The van der Waals surface area contributed by atoms with Gasteiger partial charge in [0.05, 0.1) is 6.20 Å². The molecule has 0 atom stereocenters. The van der Waals surface area contributed by atoms with Gasteiger partial charge in [0.1, 0.15) is 5.56 Å². The van der Waals surface area contributed by atoms with E-state index in [0.717, 1.165) is 18.9 Å². The van der Waals surface area contributed by atoms with E-state index in [0.29, 0.717) is 36.4 Å². The number of carbonyl (C=O) groups excluding carboxylic acids is 1. The fraction of sp³-hybridized carbons (Fsp3) is 0.412. The minimum absolute atomic E-state index is 0.160. The molecule has 0 radical (unpaired) electrons. The molecule has 10 heteroatoms. The summed E-state index contributed by atoms with van der Waals surface area (Å²) in [6, 6.07) is 2.85. The average molecular weight is 378 g/mol. The molecule has 0 bridgehead atoms. The maximum absolute atomic E-state index is 12.9. The first kappa shape index (κ1) is 17.5. The Balaban J connectivity index is 1.36. The first-order valence-corrected chi connectivity index (χ1v) is 8.65. The Labute approximate surface area is 152 Å². The number of fused-ring (bicyclic) bond motifs is 1. The third-order valence-electron chi connectivity index (χ3n) is 4.45. The number of halogens is 3. The van der Waals surface area contributed by atoms with Crippen molar-refractivity contribution >= 4 is 11.6 Å². The summed E-state index contributed by atoms with van der Waals surface area (Å²) in [7, 11) is 0. The third-order valence-corrected chi connectivity index (χ3v) is 4.45. The molecule has 0 unspecified atom stereocenters. The molecule has 0 aliphatic heterocycles. The molecule has 1 fully saturated rings. The lowest BCUT2D eigenvalue weighted by atomic mass is 10.2. The van der Waals surface area contributed by atoms with Crippen molar-refractivity contribution in [3.05, 3.63) is 47.7 Å². The van der Waals surface area contributed by atoms with E-state index in [-0.39, 0.29) is 11.8 Å². The van der Waals surface area contributed by atoms with Crippen LogP contribution in [0.1, 0.15) is 46.9 Å². The predicted octanol–water partition coefficient (Wildman–Crippen LogP) is 2.64. The van der Waals surface area contributed by atoms with E-state index in [9.17, 15) is 18.0 Å². The molecule has 1 aliphatic carbocycles. The van der Waals surface area contributed by atoms with Gasteiger partial charge in [0.2, 0.25) is 0 Å². The zero-order chi connectivity index (χ0) is 19.0. The van der Waals surface area contributed by atoms with Crippen molar-refractivity contribution in [2.45, 2.75) is 37.9 Å². The first-order valence-electron chi connectivity index (χ1n) is 8.65. The largest absolute Gasteiger partial charge is 0.435 e. The predicted molar refractivity (Wildman–Crippen MR) is 89.1 cm³/mol. The van der Waals surface area contributed by atoms with Gasteiger partial charge < -0.3 is 5.32 Å². The van der Waals surface area contributed by atoms with E-state index in [2.05, 4.69) is 20.5 Å². The van der Waals surface area contributed by atoms with E-state index in [1.54, 1.807) is 18.5 Å². The molecular formula is C17H17F3N6O. The minimum atomic E-state index is -4.44. The van der Waals surface area contributed by atoms with Crippen LogP contribution < -0.4 is 5.32 Å². The van der Waals surface area contributed by atoms with Gasteiger partial charge in [0.25, 0.3) is 5.91 Å². The van der Waals surface area contributed by atoms with E-state index in [1.807, 2.05) is 0 Å². The van der Waals surface area contributed by atoms with Crippen LogP contribution in [-0.2, 0) is 12.7 Å². The summed E-state index contributed by atoms with van der Waals surface area (Å²) < 4.78 is 41.6. The van der Waals surface area contributed by atoms with Crippen molar-refractivity contribution in [3.63, 3.8) is 0 Å². The lowest BCUT2D eigenvalue weighted by Crippen LogP contribution is -2.25. The molecular weight excluding hydrogens is 361 g/mol. The summed E-state index contributed by atoms with van der Waals surface area (Å²) in [6.45, 7) is 0.628. The number of aryl methyl sites for hydroxylation is 1. The maximum atomic E-state index is 12.9. The van der Waals surface area contributed by atoms with E-state index in [4.69, 9.17) is 0 Å². The summed E-state index contributed by atoms with van der Waals surface area (Å²) >= 11 is 0. The van der Waals surface area contributed by atoms with Crippen molar-refractivity contribution in [1.82, 2.24) is 29.7 Å². The standard InChI is InChI=1S/C17H17F3N6O/c18-17(19,20)14-9-13(11-3-4-11)25(24-14)7-2-6-22-16(27)12-10-23-26-8-1-5-21-15(12)26/h1,5,8-11H,2-4,6-7H2,(H,22,27). The molecule has 3 aromatic rings. The van der Waals surface area contributed by atoms with Crippen LogP contribution in [0.3, 0.4) is 0 Å². The summed E-state index contributed by atoms with van der Waals surface area (Å²) in [5, 5.41) is 10.5. The number of nitrogens with one attached hydrogen (secondary N) is 1. The summed E-state index contributed by atoms with van der Waals surface area (Å²) in [5.41, 5.74) is 0.576. The average Bonchev–Trinajstić information content (AvgIpc) is 3.23. The number of alkyl halides is 3. The molecule has 1 saturated carbocycles. The van der Waals surface area contributed by atoms with Crippen LogP contribution in [0.15, 0.2) is 30.7 Å². The van der Waals surface area contributed by atoms with Gasteiger partial charge in [-0.15, -0.1) is 0 Å². The van der Waals surface area contributed by atoms with Crippen LogP contribution in [0, 0.1) is 0 Å². The smallest absolute Gasteiger partial charge is 0.352 e. The molecule has 1 aliphatic rings. The van der Waals surface area contributed by atoms with Gasteiger partial charge in [-0.25, -0.2) is 9.50 Å². The van der Waals surface area contributed by atoms with Crippen LogP contribution >= 0.6 is 0 Å². The molecule has 27 heavy (non-hydrogen) atoms. The summed E-state index contributed by atoms with van der Waals surface area (Å²) in [5.74, 6) is -0.157. The number of hydrogen-bond acceptors (Lipinski definition) is 4.